The van der Waals surface area contributed by atoms with Gasteiger partial charge >= 0.3 is 5.97 Å². The number of β-amino-alcohol motifs (C(OH)–C–C–N with tert-alkyl or cyclic N) is 1. The molecule has 0 spiro atoms. The zero-order valence-electron chi connectivity index (χ0n) is 14.3. The van der Waals surface area contributed by atoms with Crippen LogP contribution in [0.4, 0.5) is 0 Å². The van der Waals surface area contributed by atoms with E-state index >= 15 is 0 Å². The average molecular weight is 360 g/mol. The Balaban J connectivity index is 2.88. The lowest BCUT2D eigenvalue weighted by atomic mass is 10.1. The minimum atomic E-state index is -1.21. The van der Waals surface area contributed by atoms with Crippen LogP contribution in [0.1, 0.15) is 32.6 Å². The summed E-state index contributed by atoms with van der Waals surface area (Å²) in [4.78, 5) is 37.2. The normalized spacial score (nSPS) is 23.8. The van der Waals surface area contributed by atoms with Crippen molar-refractivity contribution < 1.29 is 29.7 Å². The van der Waals surface area contributed by atoms with E-state index in [9.17, 15) is 29.7 Å². The van der Waals surface area contributed by atoms with Gasteiger partial charge in [0.05, 0.1) is 12.2 Å². The lowest BCUT2D eigenvalue weighted by Gasteiger charge is -2.28. The average Bonchev–Trinajstić information content (AvgIpc) is 2.94. The number of carboxylic acids is 1. The minimum Gasteiger partial charge on any atom is -0.480 e. The van der Waals surface area contributed by atoms with Crippen LogP contribution >= 0.6 is 0 Å². The number of hydrogen-bond acceptors (Lipinski definition) is 7. The number of unbranched alkanes of at least 4 members (excludes halogenated alkanes) is 1. The van der Waals surface area contributed by atoms with Gasteiger partial charge in [0.25, 0.3) is 0 Å². The molecule has 0 aromatic carbocycles. The highest BCUT2D eigenvalue weighted by atomic mass is 16.4. The lowest BCUT2D eigenvalue weighted by Crippen LogP contribution is -2.56. The van der Waals surface area contributed by atoms with Crippen molar-refractivity contribution in [1.29, 1.82) is 0 Å². The second-order valence-corrected chi connectivity index (χ2v) is 6.35. The maximum atomic E-state index is 12.7. The van der Waals surface area contributed by atoms with Crippen molar-refractivity contribution in [2.75, 3.05) is 13.1 Å². The Bertz CT molecular complexity index is 487. The molecule has 10 nitrogen and oxygen atoms in total. The molecule has 0 unspecified atom stereocenters. The van der Waals surface area contributed by atoms with E-state index in [0.717, 1.165) is 4.90 Å². The van der Waals surface area contributed by atoms with Crippen LogP contribution in [0, 0.1) is 0 Å². The molecule has 0 aliphatic carbocycles. The molecule has 0 bridgehead atoms. The van der Waals surface area contributed by atoms with Crippen LogP contribution in [0.3, 0.4) is 0 Å². The van der Waals surface area contributed by atoms with Gasteiger partial charge in [0.1, 0.15) is 18.1 Å². The summed E-state index contributed by atoms with van der Waals surface area (Å²) in [5, 5.41) is 30.8. The topological polar surface area (TPSA) is 179 Å². The van der Waals surface area contributed by atoms with Gasteiger partial charge < -0.3 is 37.0 Å². The molecule has 1 saturated heterocycles. The minimum absolute atomic E-state index is 0.0578. The molecular formula is C15H28N4O6. The van der Waals surface area contributed by atoms with Crippen LogP contribution in [0.2, 0.25) is 0 Å². The van der Waals surface area contributed by atoms with Crippen molar-refractivity contribution in [2.24, 2.45) is 11.5 Å². The fourth-order valence-electron chi connectivity index (χ4n) is 2.73. The number of nitrogens with two attached hydrogens (primary N) is 2. The largest absolute Gasteiger partial charge is 0.480 e. The van der Waals surface area contributed by atoms with Crippen molar-refractivity contribution in [2.45, 2.75) is 62.9 Å². The maximum absolute atomic E-state index is 12.7. The first-order valence-corrected chi connectivity index (χ1v) is 8.34. The van der Waals surface area contributed by atoms with Crippen LogP contribution in [0.5, 0.6) is 0 Å². The molecule has 1 aliphatic heterocycles. The number of carbonyl (C=O) groups is 3. The Morgan fingerprint density at radius 3 is 2.48 bits per heavy atom. The van der Waals surface area contributed by atoms with Crippen molar-refractivity contribution >= 4 is 17.8 Å². The second-order valence-electron chi connectivity index (χ2n) is 6.35. The summed E-state index contributed by atoms with van der Waals surface area (Å²) >= 11 is 0. The molecule has 2 amide bonds. The van der Waals surface area contributed by atoms with Gasteiger partial charge in [-0.05, 0) is 32.7 Å². The smallest absolute Gasteiger partial charge is 0.326 e. The van der Waals surface area contributed by atoms with E-state index in [2.05, 4.69) is 5.32 Å². The monoisotopic (exact) mass is 360 g/mol. The summed E-state index contributed by atoms with van der Waals surface area (Å²) in [7, 11) is 0. The molecule has 1 heterocycles. The molecular weight excluding hydrogens is 332 g/mol. The first-order valence-electron chi connectivity index (χ1n) is 8.34. The number of nitrogens with one attached hydrogen (secondary N) is 1. The molecule has 0 saturated carbocycles. The van der Waals surface area contributed by atoms with Crippen molar-refractivity contribution in [3.05, 3.63) is 0 Å². The fourth-order valence-corrected chi connectivity index (χ4v) is 2.73. The molecule has 25 heavy (non-hydrogen) atoms. The van der Waals surface area contributed by atoms with Crippen molar-refractivity contribution in [3.63, 3.8) is 0 Å². The predicted octanol–water partition coefficient (Wildman–Crippen LogP) is -2.65. The number of aliphatic hydroxyl groups excluding tert-OH is 2. The van der Waals surface area contributed by atoms with E-state index < -0.39 is 48.1 Å². The molecule has 5 atom stereocenters. The molecule has 0 radical (unpaired) electrons. The number of likely N-dealkylation sites (tertiary alicyclic amines) is 1. The predicted molar refractivity (Wildman–Crippen MR) is 88.3 cm³/mol. The standard InChI is InChI=1S/C15H28N4O6/c1-8(20)12(17)13(22)18-10(4-2-3-5-16)14(23)19-7-9(21)6-11(19)15(24)25/h8-12,20-21H,2-7,16-17H2,1H3,(H,18,22)(H,24,25)/t8-,9-,10+,11+,12+/m1/s1. The number of amides is 2. The third-order valence-corrected chi connectivity index (χ3v) is 4.23. The first-order chi connectivity index (χ1) is 11.7. The third-order valence-electron chi connectivity index (χ3n) is 4.23. The lowest BCUT2D eigenvalue weighted by molar-refractivity contribution is -0.149. The third kappa shape index (κ3) is 5.92. The Labute approximate surface area is 146 Å². The molecule has 1 fully saturated rings. The zero-order valence-corrected chi connectivity index (χ0v) is 14.3. The van der Waals surface area contributed by atoms with E-state index in [-0.39, 0.29) is 19.4 Å². The van der Waals surface area contributed by atoms with Crippen molar-refractivity contribution in [3.8, 4) is 0 Å². The molecule has 0 aromatic heterocycles. The summed E-state index contributed by atoms with van der Waals surface area (Å²) in [6.45, 7) is 1.66. The number of carboxylic acid groups (broad SMARTS) is 1. The van der Waals surface area contributed by atoms with Gasteiger partial charge in [0.2, 0.25) is 11.8 Å². The number of nitrogens with zero attached hydrogens (tertiary/aromatic N) is 1. The van der Waals surface area contributed by atoms with Gasteiger partial charge in [-0.1, -0.05) is 0 Å². The number of aliphatic carboxylic acids is 1. The van der Waals surface area contributed by atoms with Crippen LogP contribution in [0.15, 0.2) is 0 Å². The highest BCUT2D eigenvalue weighted by Gasteiger charge is 2.41. The quantitative estimate of drug-likeness (QED) is 0.241. The van der Waals surface area contributed by atoms with Crippen LogP contribution in [0.25, 0.3) is 0 Å². The van der Waals surface area contributed by atoms with Gasteiger partial charge in [-0.25, -0.2) is 4.79 Å². The Morgan fingerprint density at radius 2 is 1.96 bits per heavy atom. The van der Waals surface area contributed by atoms with E-state index in [1.807, 2.05) is 0 Å². The molecule has 1 aliphatic rings. The summed E-state index contributed by atoms with van der Waals surface area (Å²) in [6, 6.07) is -3.33. The summed E-state index contributed by atoms with van der Waals surface area (Å²) < 4.78 is 0. The number of aliphatic hydroxyl groups is 2. The van der Waals surface area contributed by atoms with Crippen LogP contribution in [-0.4, -0.2) is 81.4 Å². The van der Waals surface area contributed by atoms with E-state index in [1.54, 1.807) is 0 Å². The highest BCUT2D eigenvalue weighted by Crippen LogP contribution is 2.20. The zero-order chi connectivity index (χ0) is 19.1. The van der Waals surface area contributed by atoms with Gasteiger partial charge in [0, 0.05) is 13.0 Å². The van der Waals surface area contributed by atoms with Crippen molar-refractivity contribution in [1.82, 2.24) is 10.2 Å². The van der Waals surface area contributed by atoms with Gasteiger partial charge in [-0.3, -0.25) is 9.59 Å². The van der Waals surface area contributed by atoms with Gasteiger partial charge in [-0.15, -0.1) is 0 Å². The molecule has 144 valence electrons. The first kappa shape index (κ1) is 21.3. The van der Waals surface area contributed by atoms with E-state index in [0.29, 0.717) is 19.4 Å². The fraction of sp³-hybridized carbons (Fsp3) is 0.800. The Hall–Kier alpha value is -1.75. The van der Waals surface area contributed by atoms with E-state index in [1.165, 1.54) is 6.92 Å². The van der Waals surface area contributed by atoms with Crippen LogP contribution < -0.4 is 16.8 Å². The second kappa shape index (κ2) is 9.66. The number of hydrogen-bond donors (Lipinski definition) is 6. The Kier molecular flexibility index (Phi) is 8.23. The molecule has 0 aromatic rings. The Morgan fingerprint density at radius 1 is 1.32 bits per heavy atom. The van der Waals surface area contributed by atoms with Crippen LogP contribution in [-0.2, 0) is 14.4 Å². The molecule has 1 rings (SSSR count). The maximum Gasteiger partial charge on any atom is 0.326 e. The van der Waals surface area contributed by atoms with Gasteiger partial charge in [-0.2, -0.15) is 0 Å². The summed E-state index contributed by atoms with van der Waals surface area (Å²) in [6.07, 6.45) is -0.645. The highest BCUT2D eigenvalue weighted by molar-refractivity contribution is 5.92. The molecule has 10 heteroatoms. The van der Waals surface area contributed by atoms with E-state index in [4.69, 9.17) is 11.5 Å². The summed E-state index contributed by atoms with van der Waals surface area (Å²) in [5.74, 6) is -2.50. The SMILES string of the molecule is C[C@@H](O)[C@H](N)C(=O)N[C@@H](CCCCN)C(=O)N1C[C@H](O)C[C@H]1C(=O)O. The number of rotatable bonds is 9. The van der Waals surface area contributed by atoms with Gasteiger partial charge in [0.15, 0.2) is 0 Å². The summed E-state index contributed by atoms with van der Waals surface area (Å²) in [5.41, 5.74) is 11.0. The number of carbonyl (C=O) groups excluding carboxylic acids is 2. The molecule has 8 N–H and O–H groups in total.